The van der Waals surface area contributed by atoms with Gasteiger partial charge >= 0.3 is 0 Å². The maximum Gasteiger partial charge on any atom is 0.191 e. The summed E-state index contributed by atoms with van der Waals surface area (Å²) in [5.41, 5.74) is 3.05. The number of aliphatic imine (C=N–C) groups is 1. The summed E-state index contributed by atoms with van der Waals surface area (Å²) < 4.78 is 10.6. The van der Waals surface area contributed by atoms with Crippen LogP contribution in [0.15, 0.2) is 70.2 Å². The highest BCUT2D eigenvalue weighted by Gasteiger charge is 2.06. The van der Waals surface area contributed by atoms with Crippen molar-refractivity contribution in [1.29, 1.82) is 0 Å². The van der Waals surface area contributed by atoms with E-state index in [0.717, 1.165) is 48.2 Å². The standard InChI is InChI=1S/C22H26N4O2.HI/c1-3-23-22(24-14-13-17-9-11-20(27-2)12-10-17)25-16-19-15-21(28-26-19)18-7-5-4-6-8-18;/h4-12,15H,3,13-14,16H2,1-2H3,(H2,23,24,25);1H. The average Bonchev–Trinajstić information content (AvgIpc) is 3.22. The van der Waals surface area contributed by atoms with E-state index < -0.39 is 0 Å². The molecule has 0 amide bonds. The predicted octanol–water partition coefficient (Wildman–Crippen LogP) is 4.27. The molecule has 7 heteroatoms. The lowest BCUT2D eigenvalue weighted by atomic mass is 10.1. The highest BCUT2D eigenvalue weighted by molar-refractivity contribution is 14.0. The number of ether oxygens (including phenoxy) is 1. The summed E-state index contributed by atoms with van der Waals surface area (Å²) in [6.07, 6.45) is 0.899. The summed E-state index contributed by atoms with van der Waals surface area (Å²) in [5.74, 6) is 2.39. The summed E-state index contributed by atoms with van der Waals surface area (Å²) in [6.45, 7) is 4.08. The third-order valence-electron chi connectivity index (χ3n) is 4.23. The van der Waals surface area contributed by atoms with Crippen LogP contribution in [0.3, 0.4) is 0 Å². The monoisotopic (exact) mass is 506 g/mol. The van der Waals surface area contributed by atoms with Crippen molar-refractivity contribution in [3.05, 3.63) is 71.9 Å². The first kappa shape index (κ1) is 22.7. The van der Waals surface area contributed by atoms with E-state index in [4.69, 9.17) is 9.26 Å². The number of guanidine groups is 1. The third-order valence-corrected chi connectivity index (χ3v) is 4.23. The van der Waals surface area contributed by atoms with Gasteiger partial charge in [-0.1, -0.05) is 47.6 Å². The van der Waals surface area contributed by atoms with Crippen LogP contribution < -0.4 is 15.4 Å². The summed E-state index contributed by atoms with van der Waals surface area (Å²) in [6, 6.07) is 20.0. The Morgan fingerprint density at radius 1 is 1.07 bits per heavy atom. The molecular formula is C22H27IN4O2. The lowest BCUT2D eigenvalue weighted by Gasteiger charge is -2.11. The van der Waals surface area contributed by atoms with E-state index in [1.165, 1.54) is 5.56 Å². The Kier molecular flexibility index (Phi) is 9.49. The molecule has 0 radical (unpaired) electrons. The molecule has 0 fully saturated rings. The Balaban J connectivity index is 0.00000300. The van der Waals surface area contributed by atoms with E-state index in [9.17, 15) is 0 Å². The zero-order valence-electron chi connectivity index (χ0n) is 16.7. The molecule has 3 rings (SSSR count). The molecular weight excluding hydrogens is 479 g/mol. The molecule has 0 atom stereocenters. The Labute approximate surface area is 188 Å². The van der Waals surface area contributed by atoms with Crippen molar-refractivity contribution in [2.75, 3.05) is 20.2 Å². The maximum absolute atomic E-state index is 5.43. The number of hydrogen-bond acceptors (Lipinski definition) is 4. The molecule has 0 bridgehead atoms. The summed E-state index contributed by atoms with van der Waals surface area (Å²) in [4.78, 5) is 4.60. The second kappa shape index (κ2) is 12.1. The van der Waals surface area contributed by atoms with Gasteiger partial charge in [-0.05, 0) is 31.0 Å². The van der Waals surface area contributed by atoms with Crippen molar-refractivity contribution in [2.45, 2.75) is 19.9 Å². The summed E-state index contributed by atoms with van der Waals surface area (Å²) in [5, 5.41) is 10.7. The van der Waals surface area contributed by atoms with Crippen molar-refractivity contribution in [1.82, 2.24) is 15.8 Å². The van der Waals surface area contributed by atoms with Crippen molar-refractivity contribution in [2.24, 2.45) is 4.99 Å². The molecule has 0 aliphatic rings. The van der Waals surface area contributed by atoms with Gasteiger partial charge in [0.15, 0.2) is 11.7 Å². The molecule has 0 unspecified atom stereocenters. The predicted molar refractivity (Wildman–Crippen MR) is 127 cm³/mol. The fraction of sp³-hybridized carbons (Fsp3) is 0.273. The molecule has 0 saturated carbocycles. The van der Waals surface area contributed by atoms with Crippen molar-refractivity contribution < 1.29 is 9.26 Å². The van der Waals surface area contributed by atoms with Gasteiger partial charge in [0, 0.05) is 24.7 Å². The van der Waals surface area contributed by atoms with Crippen molar-refractivity contribution in [3.63, 3.8) is 0 Å². The zero-order valence-corrected chi connectivity index (χ0v) is 19.1. The number of benzene rings is 2. The van der Waals surface area contributed by atoms with Gasteiger partial charge < -0.3 is 19.9 Å². The minimum Gasteiger partial charge on any atom is -0.497 e. The number of nitrogens with one attached hydrogen (secondary N) is 2. The second-order valence-corrected chi connectivity index (χ2v) is 6.27. The normalized spacial score (nSPS) is 10.9. The molecule has 29 heavy (non-hydrogen) atoms. The Bertz CT molecular complexity index is 879. The minimum atomic E-state index is 0. The Morgan fingerprint density at radius 2 is 1.83 bits per heavy atom. The van der Waals surface area contributed by atoms with Crippen LogP contribution in [-0.4, -0.2) is 31.3 Å². The smallest absolute Gasteiger partial charge is 0.191 e. The van der Waals surface area contributed by atoms with Gasteiger partial charge in [-0.2, -0.15) is 0 Å². The van der Waals surface area contributed by atoms with Crippen molar-refractivity contribution >= 4 is 29.9 Å². The van der Waals surface area contributed by atoms with E-state index in [2.05, 4.69) is 32.9 Å². The van der Waals surface area contributed by atoms with E-state index in [0.29, 0.717) is 6.54 Å². The quantitative estimate of drug-likeness (QED) is 0.272. The van der Waals surface area contributed by atoms with Crippen molar-refractivity contribution in [3.8, 4) is 17.1 Å². The van der Waals surface area contributed by atoms with Crippen LogP contribution in [0.5, 0.6) is 5.75 Å². The molecule has 154 valence electrons. The topological polar surface area (TPSA) is 71.7 Å². The minimum absolute atomic E-state index is 0. The third kappa shape index (κ3) is 7.08. The van der Waals surface area contributed by atoms with Gasteiger partial charge in [0.2, 0.25) is 0 Å². The average molecular weight is 506 g/mol. The number of hydrogen-bond donors (Lipinski definition) is 2. The van der Waals surface area contributed by atoms with Crippen LogP contribution in [-0.2, 0) is 13.0 Å². The molecule has 1 heterocycles. The number of aromatic nitrogens is 1. The van der Waals surface area contributed by atoms with Gasteiger partial charge in [-0.25, -0.2) is 4.99 Å². The van der Waals surface area contributed by atoms with E-state index in [1.807, 2.05) is 55.5 Å². The fourth-order valence-electron chi connectivity index (χ4n) is 2.74. The highest BCUT2D eigenvalue weighted by atomic mass is 127. The first-order valence-electron chi connectivity index (χ1n) is 9.44. The molecule has 0 saturated heterocycles. The molecule has 0 aliphatic carbocycles. The molecule has 0 spiro atoms. The highest BCUT2D eigenvalue weighted by Crippen LogP contribution is 2.19. The Hall–Kier alpha value is -2.55. The van der Waals surface area contributed by atoms with Crippen LogP contribution in [0.4, 0.5) is 0 Å². The number of nitrogens with zero attached hydrogens (tertiary/aromatic N) is 2. The van der Waals surface area contributed by atoms with E-state index >= 15 is 0 Å². The zero-order chi connectivity index (χ0) is 19.6. The molecule has 0 aliphatic heterocycles. The summed E-state index contributed by atoms with van der Waals surface area (Å²) in [7, 11) is 1.67. The fourth-order valence-corrected chi connectivity index (χ4v) is 2.74. The molecule has 2 aromatic carbocycles. The van der Waals surface area contributed by atoms with Crippen LogP contribution in [0.2, 0.25) is 0 Å². The summed E-state index contributed by atoms with van der Waals surface area (Å²) >= 11 is 0. The number of methoxy groups -OCH3 is 1. The van der Waals surface area contributed by atoms with E-state index in [-0.39, 0.29) is 24.0 Å². The van der Waals surface area contributed by atoms with E-state index in [1.54, 1.807) is 7.11 Å². The molecule has 1 aromatic heterocycles. The van der Waals surface area contributed by atoms with Crippen LogP contribution in [0, 0.1) is 0 Å². The van der Waals surface area contributed by atoms with Gasteiger partial charge in [0.25, 0.3) is 0 Å². The number of halogens is 1. The Morgan fingerprint density at radius 3 is 2.52 bits per heavy atom. The molecule has 6 nitrogen and oxygen atoms in total. The molecule has 3 aromatic rings. The first-order valence-corrected chi connectivity index (χ1v) is 9.44. The first-order chi connectivity index (χ1) is 13.8. The van der Waals surface area contributed by atoms with Crippen LogP contribution >= 0.6 is 24.0 Å². The van der Waals surface area contributed by atoms with Gasteiger partial charge in [0.05, 0.1) is 13.7 Å². The second-order valence-electron chi connectivity index (χ2n) is 6.27. The largest absolute Gasteiger partial charge is 0.497 e. The lowest BCUT2D eigenvalue weighted by Crippen LogP contribution is -2.38. The van der Waals surface area contributed by atoms with Gasteiger partial charge in [-0.3, -0.25) is 0 Å². The van der Waals surface area contributed by atoms with Gasteiger partial charge in [-0.15, -0.1) is 24.0 Å². The molecule has 2 N–H and O–H groups in total. The number of rotatable bonds is 8. The van der Waals surface area contributed by atoms with Crippen LogP contribution in [0.25, 0.3) is 11.3 Å². The SMILES string of the molecule is CCNC(=NCc1cc(-c2ccccc2)on1)NCCc1ccc(OC)cc1.I. The lowest BCUT2D eigenvalue weighted by molar-refractivity contribution is 0.414. The maximum atomic E-state index is 5.43. The van der Waals surface area contributed by atoms with Crippen LogP contribution in [0.1, 0.15) is 18.2 Å². The van der Waals surface area contributed by atoms with Gasteiger partial charge in [0.1, 0.15) is 11.4 Å².